The van der Waals surface area contributed by atoms with Gasteiger partial charge in [-0.1, -0.05) is 24.6 Å². The number of hydrogen-bond acceptors (Lipinski definition) is 4. The van der Waals surface area contributed by atoms with Gasteiger partial charge in [-0.15, -0.1) is 0 Å². The Hall–Kier alpha value is -3.20. The fourth-order valence-electron chi connectivity index (χ4n) is 4.32. The lowest BCUT2D eigenvalue weighted by Crippen LogP contribution is -2.30. The summed E-state index contributed by atoms with van der Waals surface area (Å²) in [7, 11) is 0. The van der Waals surface area contributed by atoms with Crippen LogP contribution in [0.1, 0.15) is 66.4 Å². The molecule has 0 bridgehead atoms. The average molecular weight is 473 g/mol. The standard InChI is InChI=1S/C25H26F3N3O3/c1-25(28,14-32)13-31-20-10-9-15(18-7-2-3-8-21(18)33)12-19(20)29-24(31)30-23(34)17-6-4-5-16(11-17)22(26)27/h4-6,9-12,18,22,32H,2-3,7-8,13-14H2,1H3,(H,29,30,34). The fraction of sp³-hybridized carbons (Fsp3) is 0.400. The maximum Gasteiger partial charge on any atom is 0.263 e. The predicted octanol–water partition coefficient (Wildman–Crippen LogP) is 5.17. The van der Waals surface area contributed by atoms with E-state index in [0.29, 0.717) is 17.5 Å². The number of carbonyl (C=O) groups excluding carboxylic acids is 2. The third-order valence-corrected chi connectivity index (χ3v) is 6.17. The molecule has 34 heavy (non-hydrogen) atoms. The lowest BCUT2D eigenvalue weighted by atomic mass is 9.83. The van der Waals surface area contributed by atoms with E-state index < -0.39 is 24.6 Å². The van der Waals surface area contributed by atoms with E-state index in [1.807, 2.05) is 0 Å². The predicted molar refractivity (Wildman–Crippen MR) is 122 cm³/mol. The molecule has 1 amide bonds. The average Bonchev–Trinajstić information content (AvgIpc) is 3.14. The van der Waals surface area contributed by atoms with Gasteiger partial charge in [-0.2, -0.15) is 0 Å². The Morgan fingerprint density at radius 2 is 2.06 bits per heavy atom. The minimum Gasteiger partial charge on any atom is -0.393 e. The van der Waals surface area contributed by atoms with Crippen LogP contribution in [0.15, 0.2) is 42.5 Å². The van der Waals surface area contributed by atoms with Gasteiger partial charge in [-0.05, 0) is 49.6 Å². The topological polar surface area (TPSA) is 84.2 Å². The van der Waals surface area contributed by atoms with E-state index in [1.165, 1.54) is 29.7 Å². The zero-order valence-electron chi connectivity index (χ0n) is 18.7. The Balaban J connectivity index is 1.72. The largest absolute Gasteiger partial charge is 0.393 e. The monoisotopic (exact) mass is 473 g/mol. The number of amides is 1. The van der Waals surface area contributed by atoms with Crippen molar-refractivity contribution in [2.45, 2.75) is 57.2 Å². The molecule has 0 spiro atoms. The van der Waals surface area contributed by atoms with Crippen LogP contribution >= 0.6 is 0 Å². The number of nitrogens with zero attached hydrogens (tertiary/aromatic N) is 2. The number of hydrogen-bond donors (Lipinski definition) is 2. The maximum atomic E-state index is 14.8. The summed E-state index contributed by atoms with van der Waals surface area (Å²) in [6.07, 6.45) is 0.397. The molecule has 4 rings (SSSR count). The summed E-state index contributed by atoms with van der Waals surface area (Å²) in [5.41, 5.74) is -0.493. The lowest BCUT2D eigenvalue weighted by molar-refractivity contribution is -0.121. The SMILES string of the molecule is CC(F)(CO)Cn1c(NC(=O)c2cccc(C(F)F)c2)nc2cc(C3CCCCC3=O)ccc21. The smallest absolute Gasteiger partial charge is 0.263 e. The third-order valence-electron chi connectivity index (χ3n) is 6.17. The number of rotatable bonds is 7. The van der Waals surface area contributed by atoms with Crippen molar-refractivity contribution in [3.05, 3.63) is 59.2 Å². The van der Waals surface area contributed by atoms with Crippen molar-refractivity contribution in [1.82, 2.24) is 9.55 Å². The second kappa shape index (κ2) is 9.58. The molecule has 2 atom stereocenters. The number of alkyl halides is 3. The minimum atomic E-state index is -2.73. The van der Waals surface area contributed by atoms with Crippen molar-refractivity contribution in [3.8, 4) is 0 Å². The highest BCUT2D eigenvalue weighted by molar-refractivity contribution is 6.04. The first-order valence-electron chi connectivity index (χ1n) is 11.2. The Morgan fingerprint density at radius 3 is 2.76 bits per heavy atom. The molecule has 1 aliphatic rings. The molecule has 1 saturated carbocycles. The van der Waals surface area contributed by atoms with Crippen molar-refractivity contribution < 1.29 is 27.9 Å². The number of fused-ring (bicyclic) bond motifs is 1. The number of aromatic nitrogens is 2. The van der Waals surface area contributed by atoms with Gasteiger partial charge in [0.2, 0.25) is 5.95 Å². The number of halogens is 3. The first kappa shape index (κ1) is 23.9. The molecule has 2 N–H and O–H groups in total. The molecule has 1 aromatic heterocycles. The van der Waals surface area contributed by atoms with Gasteiger partial charge in [-0.25, -0.2) is 18.2 Å². The van der Waals surface area contributed by atoms with Crippen molar-refractivity contribution in [1.29, 1.82) is 0 Å². The maximum absolute atomic E-state index is 14.8. The summed E-state index contributed by atoms with van der Waals surface area (Å²) in [4.78, 5) is 29.7. The first-order valence-corrected chi connectivity index (χ1v) is 11.2. The number of Topliss-reactive ketones (excluding diaryl/α,β-unsaturated/α-hetero) is 1. The molecular formula is C25H26F3N3O3. The highest BCUT2D eigenvalue weighted by Gasteiger charge is 2.28. The van der Waals surface area contributed by atoms with Crippen LogP contribution < -0.4 is 5.32 Å². The molecule has 2 unspecified atom stereocenters. The van der Waals surface area contributed by atoms with Gasteiger partial charge < -0.3 is 9.67 Å². The highest BCUT2D eigenvalue weighted by Crippen LogP contribution is 2.33. The Kier molecular flexibility index (Phi) is 6.74. The first-order chi connectivity index (χ1) is 16.2. The number of carbonyl (C=O) groups is 2. The Bertz CT molecular complexity index is 1220. The molecule has 1 heterocycles. The van der Waals surface area contributed by atoms with Crippen LogP contribution in [0.5, 0.6) is 0 Å². The van der Waals surface area contributed by atoms with Crippen LogP contribution in [0.3, 0.4) is 0 Å². The van der Waals surface area contributed by atoms with E-state index in [9.17, 15) is 27.9 Å². The van der Waals surface area contributed by atoms with Gasteiger partial charge in [0.05, 0.1) is 24.2 Å². The molecule has 1 aliphatic carbocycles. The number of benzene rings is 2. The van der Waals surface area contributed by atoms with Crippen LogP contribution in [-0.2, 0) is 11.3 Å². The highest BCUT2D eigenvalue weighted by atomic mass is 19.3. The molecule has 1 fully saturated rings. The van der Waals surface area contributed by atoms with Crippen molar-refractivity contribution >= 4 is 28.7 Å². The summed E-state index contributed by atoms with van der Waals surface area (Å²) >= 11 is 0. The Labute approximate surface area is 194 Å². The summed E-state index contributed by atoms with van der Waals surface area (Å²) in [6, 6.07) is 10.4. The van der Waals surface area contributed by atoms with E-state index in [2.05, 4.69) is 10.3 Å². The van der Waals surface area contributed by atoms with Crippen molar-refractivity contribution in [2.24, 2.45) is 0 Å². The van der Waals surface area contributed by atoms with Crippen LogP contribution in [-0.4, -0.2) is 38.6 Å². The van der Waals surface area contributed by atoms with Gasteiger partial charge in [-0.3, -0.25) is 14.9 Å². The molecular weight excluding hydrogens is 447 g/mol. The van der Waals surface area contributed by atoms with Gasteiger partial charge >= 0.3 is 0 Å². The number of anilines is 1. The van der Waals surface area contributed by atoms with Crippen LogP contribution in [0, 0.1) is 0 Å². The summed E-state index contributed by atoms with van der Waals surface area (Å²) < 4.78 is 42.3. The zero-order valence-corrected chi connectivity index (χ0v) is 18.7. The van der Waals surface area contributed by atoms with E-state index in [0.717, 1.165) is 30.9 Å². The van der Waals surface area contributed by atoms with E-state index in [1.54, 1.807) is 18.2 Å². The van der Waals surface area contributed by atoms with Crippen LogP contribution in [0.25, 0.3) is 11.0 Å². The van der Waals surface area contributed by atoms with Crippen LogP contribution in [0.4, 0.5) is 19.1 Å². The molecule has 180 valence electrons. The van der Waals surface area contributed by atoms with E-state index in [-0.39, 0.29) is 35.3 Å². The Morgan fingerprint density at radius 1 is 1.26 bits per heavy atom. The molecule has 3 aromatic rings. The minimum absolute atomic E-state index is 0.00932. The molecule has 0 radical (unpaired) electrons. The van der Waals surface area contributed by atoms with E-state index >= 15 is 0 Å². The molecule has 0 saturated heterocycles. The zero-order chi connectivity index (χ0) is 24.5. The molecule has 2 aromatic carbocycles. The second-order valence-corrected chi connectivity index (χ2v) is 8.99. The summed E-state index contributed by atoms with van der Waals surface area (Å²) in [5, 5.41) is 12.0. The number of aliphatic hydroxyl groups is 1. The normalized spacial score (nSPS) is 18.3. The molecule has 9 heteroatoms. The fourth-order valence-corrected chi connectivity index (χ4v) is 4.32. The van der Waals surface area contributed by atoms with Gasteiger partial charge in [0.25, 0.3) is 12.3 Å². The molecule has 6 nitrogen and oxygen atoms in total. The summed E-state index contributed by atoms with van der Waals surface area (Å²) in [6.45, 7) is 0.186. The van der Waals surface area contributed by atoms with Crippen LogP contribution in [0.2, 0.25) is 0 Å². The van der Waals surface area contributed by atoms with Gasteiger partial charge in [0, 0.05) is 23.5 Å². The van der Waals surface area contributed by atoms with Gasteiger partial charge in [0.15, 0.2) is 0 Å². The second-order valence-electron chi connectivity index (χ2n) is 8.99. The number of nitrogens with one attached hydrogen (secondary N) is 1. The molecule has 0 aliphatic heterocycles. The number of ketones is 1. The number of imidazole rings is 1. The third kappa shape index (κ3) is 4.99. The van der Waals surface area contributed by atoms with Gasteiger partial charge in [0.1, 0.15) is 11.5 Å². The van der Waals surface area contributed by atoms with Crippen molar-refractivity contribution in [3.63, 3.8) is 0 Å². The van der Waals surface area contributed by atoms with E-state index in [4.69, 9.17) is 0 Å². The van der Waals surface area contributed by atoms with Crippen molar-refractivity contribution in [2.75, 3.05) is 11.9 Å². The quantitative estimate of drug-likeness (QED) is 0.496. The lowest BCUT2D eigenvalue weighted by Gasteiger charge is -2.21. The summed E-state index contributed by atoms with van der Waals surface area (Å²) in [5.74, 6) is -0.699. The number of aliphatic hydroxyl groups excluding tert-OH is 1.